The van der Waals surface area contributed by atoms with Gasteiger partial charge in [0.05, 0.1) is 19.8 Å². The maximum Gasteiger partial charge on any atom is 0.0603 e. The van der Waals surface area contributed by atoms with Crippen LogP contribution in [0.3, 0.4) is 0 Å². The van der Waals surface area contributed by atoms with Gasteiger partial charge in [-0.05, 0) is 6.42 Å². The van der Waals surface area contributed by atoms with E-state index in [-0.39, 0.29) is 0 Å². The minimum Gasteiger partial charge on any atom is -0.379 e. The van der Waals surface area contributed by atoms with Crippen molar-refractivity contribution in [3.63, 3.8) is 0 Å². The van der Waals surface area contributed by atoms with Gasteiger partial charge in [-0.3, -0.25) is 4.90 Å². The molecule has 0 aromatic rings. The molecule has 0 aliphatic carbocycles. The van der Waals surface area contributed by atoms with E-state index in [0.29, 0.717) is 0 Å². The molecule has 0 bridgehead atoms. The largest absolute Gasteiger partial charge is 0.379 e. The van der Waals surface area contributed by atoms with E-state index in [4.69, 9.17) is 4.74 Å². The number of morpholine rings is 1. The second-order valence-electron chi connectivity index (χ2n) is 3.70. The molecule has 1 heterocycles. The van der Waals surface area contributed by atoms with Gasteiger partial charge in [0, 0.05) is 19.5 Å². The van der Waals surface area contributed by atoms with Crippen LogP contribution in [0.2, 0.25) is 0 Å². The summed E-state index contributed by atoms with van der Waals surface area (Å²) in [6.45, 7) is 6.99. The molecule has 2 heteroatoms. The van der Waals surface area contributed by atoms with Crippen LogP contribution < -0.4 is 0 Å². The summed E-state index contributed by atoms with van der Waals surface area (Å²) in [5, 5.41) is 0. The van der Waals surface area contributed by atoms with Gasteiger partial charge in [0.2, 0.25) is 0 Å². The van der Waals surface area contributed by atoms with E-state index >= 15 is 0 Å². The van der Waals surface area contributed by atoms with Gasteiger partial charge >= 0.3 is 0 Å². The Hall–Kier alpha value is -0.520. The molecule has 0 unspecified atom stereocenters. The Morgan fingerprint density at radius 1 is 1.14 bits per heavy atom. The molecule has 0 atom stereocenters. The summed E-state index contributed by atoms with van der Waals surface area (Å²) in [7, 11) is 0. The van der Waals surface area contributed by atoms with Crippen molar-refractivity contribution in [3.8, 4) is 11.8 Å². The highest BCUT2D eigenvalue weighted by atomic mass is 16.5. The molecule has 0 radical (unpaired) electrons. The van der Waals surface area contributed by atoms with Crippen molar-refractivity contribution in [2.45, 2.75) is 32.6 Å². The van der Waals surface area contributed by atoms with Crippen LogP contribution in [0, 0.1) is 11.8 Å². The van der Waals surface area contributed by atoms with Crippen LogP contribution >= 0.6 is 0 Å². The van der Waals surface area contributed by atoms with Crippen LogP contribution in [0.1, 0.15) is 32.6 Å². The lowest BCUT2D eigenvalue weighted by atomic mass is 10.2. The lowest BCUT2D eigenvalue weighted by Gasteiger charge is -2.24. The molecular weight excluding hydrogens is 174 g/mol. The molecule has 0 aromatic heterocycles. The molecule has 80 valence electrons. The van der Waals surface area contributed by atoms with Crippen molar-refractivity contribution < 1.29 is 4.74 Å². The van der Waals surface area contributed by atoms with Gasteiger partial charge in [0.15, 0.2) is 0 Å². The third-order valence-electron chi connectivity index (χ3n) is 2.44. The first kappa shape index (κ1) is 11.6. The Balaban J connectivity index is 2.00. The topological polar surface area (TPSA) is 12.5 Å². The van der Waals surface area contributed by atoms with E-state index in [1.54, 1.807) is 0 Å². The molecule has 1 saturated heterocycles. The highest BCUT2D eigenvalue weighted by Gasteiger charge is 2.07. The summed E-state index contributed by atoms with van der Waals surface area (Å²) in [6.07, 6.45) is 4.92. The Morgan fingerprint density at radius 2 is 1.93 bits per heavy atom. The van der Waals surface area contributed by atoms with Crippen LogP contribution in [0.15, 0.2) is 0 Å². The fourth-order valence-corrected chi connectivity index (χ4v) is 1.48. The summed E-state index contributed by atoms with van der Waals surface area (Å²) < 4.78 is 5.27. The van der Waals surface area contributed by atoms with E-state index < -0.39 is 0 Å². The van der Waals surface area contributed by atoms with Crippen molar-refractivity contribution >= 4 is 0 Å². The summed E-state index contributed by atoms with van der Waals surface area (Å²) in [5.41, 5.74) is 0. The fourth-order valence-electron chi connectivity index (χ4n) is 1.48. The second kappa shape index (κ2) is 7.84. The average Bonchev–Trinajstić information content (AvgIpc) is 2.25. The van der Waals surface area contributed by atoms with E-state index in [9.17, 15) is 0 Å². The Labute approximate surface area is 87.6 Å². The Morgan fingerprint density at radius 3 is 2.64 bits per heavy atom. The van der Waals surface area contributed by atoms with E-state index in [1.165, 1.54) is 19.3 Å². The summed E-state index contributed by atoms with van der Waals surface area (Å²) in [5.74, 6) is 6.47. The summed E-state index contributed by atoms with van der Waals surface area (Å²) in [4.78, 5) is 2.36. The lowest BCUT2D eigenvalue weighted by molar-refractivity contribution is 0.0443. The molecule has 14 heavy (non-hydrogen) atoms. The Kier molecular flexibility index (Phi) is 6.47. The van der Waals surface area contributed by atoms with Crippen molar-refractivity contribution in [3.05, 3.63) is 0 Å². The van der Waals surface area contributed by atoms with Crippen molar-refractivity contribution in [1.29, 1.82) is 0 Å². The van der Waals surface area contributed by atoms with Gasteiger partial charge in [-0.2, -0.15) is 0 Å². The molecule has 1 rings (SSSR count). The SMILES string of the molecule is CCCCCC#CCN1CCOCC1. The number of unbranched alkanes of at least 4 members (excludes halogenated alkanes) is 3. The van der Waals surface area contributed by atoms with Gasteiger partial charge in [-0.1, -0.05) is 25.7 Å². The van der Waals surface area contributed by atoms with E-state index in [0.717, 1.165) is 39.3 Å². The number of nitrogens with zero attached hydrogens (tertiary/aromatic N) is 1. The van der Waals surface area contributed by atoms with Gasteiger partial charge in [0.25, 0.3) is 0 Å². The number of hydrogen-bond donors (Lipinski definition) is 0. The van der Waals surface area contributed by atoms with Gasteiger partial charge in [-0.15, -0.1) is 5.92 Å². The first-order valence-corrected chi connectivity index (χ1v) is 5.69. The zero-order valence-corrected chi connectivity index (χ0v) is 9.22. The monoisotopic (exact) mass is 195 g/mol. The number of hydrogen-bond acceptors (Lipinski definition) is 2. The van der Waals surface area contributed by atoms with E-state index in [2.05, 4.69) is 23.7 Å². The van der Waals surface area contributed by atoms with Crippen molar-refractivity contribution in [2.75, 3.05) is 32.8 Å². The van der Waals surface area contributed by atoms with Gasteiger partial charge in [-0.25, -0.2) is 0 Å². The standard InChI is InChI=1S/C12H21NO/c1-2-3-4-5-6-7-8-13-9-11-14-12-10-13/h2-5,8-12H2,1H3. The third kappa shape index (κ3) is 5.26. The van der Waals surface area contributed by atoms with Crippen LogP contribution in [-0.2, 0) is 4.74 Å². The van der Waals surface area contributed by atoms with Crippen LogP contribution in [0.25, 0.3) is 0 Å². The first-order valence-electron chi connectivity index (χ1n) is 5.69. The molecule has 1 fully saturated rings. The normalized spacial score (nSPS) is 17.5. The molecule has 0 N–H and O–H groups in total. The molecule has 0 saturated carbocycles. The summed E-state index contributed by atoms with van der Waals surface area (Å²) >= 11 is 0. The lowest BCUT2D eigenvalue weighted by Crippen LogP contribution is -2.36. The first-order chi connectivity index (χ1) is 6.93. The second-order valence-corrected chi connectivity index (χ2v) is 3.70. The number of rotatable bonds is 4. The minimum atomic E-state index is 0.873. The maximum atomic E-state index is 5.27. The molecule has 1 aliphatic rings. The molecule has 0 aromatic carbocycles. The highest BCUT2D eigenvalue weighted by molar-refractivity contribution is 5.01. The zero-order valence-electron chi connectivity index (χ0n) is 9.22. The Bertz CT molecular complexity index is 186. The smallest absolute Gasteiger partial charge is 0.0603 e. The molecule has 0 spiro atoms. The van der Waals surface area contributed by atoms with Crippen LogP contribution in [0.5, 0.6) is 0 Å². The van der Waals surface area contributed by atoms with E-state index in [1.807, 2.05) is 0 Å². The van der Waals surface area contributed by atoms with Gasteiger partial charge in [0.1, 0.15) is 0 Å². The average molecular weight is 195 g/mol. The minimum absolute atomic E-state index is 0.873. The summed E-state index contributed by atoms with van der Waals surface area (Å²) in [6, 6.07) is 0. The number of ether oxygens (including phenoxy) is 1. The zero-order chi connectivity index (χ0) is 10.1. The highest BCUT2D eigenvalue weighted by Crippen LogP contribution is 1.97. The van der Waals surface area contributed by atoms with Crippen LogP contribution in [0.4, 0.5) is 0 Å². The molecule has 2 nitrogen and oxygen atoms in total. The van der Waals surface area contributed by atoms with Crippen LogP contribution in [-0.4, -0.2) is 37.7 Å². The van der Waals surface area contributed by atoms with Gasteiger partial charge < -0.3 is 4.74 Å². The van der Waals surface area contributed by atoms with Crippen molar-refractivity contribution in [2.24, 2.45) is 0 Å². The fraction of sp³-hybridized carbons (Fsp3) is 0.833. The molecular formula is C12H21NO. The predicted octanol–water partition coefficient (Wildman–Crippen LogP) is 1.90. The maximum absolute atomic E-state index is 5.27. The predicted molar refractivity (Wildman–Crippen MR) is 59.2 cm³/mol. The quantitative estimate of drug-likeness (QED) is 0.502. The molecule has 0 amide bonds. The third-order valence-corrected chi connectivity index (χ3v) is 2.44. The van der Waals surface area contributed by atoms with Crippen molar-refractivity contribution in [1.82, 2.24) is 4.90 Å². The molecule has 1 aliphatic heterocycles.